The highest BCUT2D eigenvalue weighted by atomic mass is 35.5. The van der Waals surface area contributed by atoms with Gasteiger partial charge < -0.3 is 5.32 Å². The zero-order valence-electron chi connectivity index (χ0n) is 14.9. The Labute approximate surface area is 182 Å². The molecule has 0 aliphatic rings. The maximum Gasteiger partial charge on any atom is 0.232 e. The Hall–Kier alpha value is -1.33. The van der Waals surface area contributed by atoms with Crippen molar-refractivity contribution in [2.75, 3.05) is 28.2 Å². The van der Waals surface area contributed by atoms with Crippen LogP contribution >= 0.6 is 46.3 Å². The number of amides is 1. The molecule has 2 rings (SSSR count). The first kappa shape index (κ1) is 23.0. The number of carbonyl (C=O) groups is 1. The van der Waals surface area contributed by atoms with Crippen LogP contribution < -0.4 is 9.62 Å². The average molecular weight is 481 g/mol. The van der Waals surface area contributed by atoms with Crippen molar-refractivity contribution in [1.82, 2.24) is 10.2 Å². The van der Waals surface area contributed by atoms with E-state index in [0.29, 0.717) is 28.0 Å². The Morgan fingerprint density at radius 3 is 2.75 bits per heavy atom. The van der Waals surface area contributed by atoms with Crippen molar-refractivity contribution in [3.8, 4) is 0 Å². The first-order valence-corrected chi connectivity index (χ1v) is 12.4. The molecule has 12 heteroatoms. The maximum absolute atomic E-state index is 12.1. The zero-order valence-corrected chi connectivity index (χ0v) is 18.9. The lowest BCUT2D eigenvalue weighted by atomic mass is 10.2. The molecule has 0 aliphatic heterocycles. The highest BCUT2D eigenvalue weighted by molar-refractivity contribution is 8.01. The molecular weight excluding hydrogens is 463 g/mol. The topological polar surface area (TPSA) is 92.3 Å². The summed E-state index contributed by atoms with van der Waals surface area (Å²) < 4.78 is 26.1. The number of benzene rings is 1. The van der Waals surface area contributed by atoms with Gasteiger partial charge in [-0.05, 0) is 24.6 Å². The lowest BCUT2D eigenvalue weighted by Crippen LogP contribution is -2.31. The molecule has 152 valence electrons. The van der Waals surface area contributed by atoms with Crippen LogP contribution in [0.15, 0.2) is 35.2 Å². The van der Waals surface area contributed by atoms with Gasteiger partial charge in [0.1, 0.15) is 0 Å². The van der Waals surface area contributed by atoms with Crippen LogP contribution in [0, 0.1) is 0 Å². The van der Waals surface area contributed by atoms with Gasteiger partial charge in [0.05, 0.1) is 22.0 Å². The number of hydrogen-bond acceptors (Lipinski definition) is 7. The predicted molar refractivity (Wildman–Crippen MR) is 117 cm³/mol. The van der Waals surface area contributed by atoms with Crippen molar-refractivity contribution >= 4 is 73.0 Å². The third kappa shape index (κ3) is 6.93. The standard InChI is InChI=1S/C16H18Cl2N4O3S3/c1-3-9-26-16-21-20-15(27-16)19-14(23)5-4-8-22(28(2,24)25)11-6-7-12(17)13(18)10-11/h3,6-7,10H,1,4-5,8-9H2,2H3,(H,19,20,23). The van der Waals surface area contributed by atoms with E-state index in [9.17, 15) is 13.2 Å². The highest BCUT2D eigenvalue weighted by Gasteiger charge is 2.19. The molecule has 1 amide bonds. The normalized spacial score (nSPS) is 11.2. The Morgan fingerprint density at radius 2 is 2.11 bits per heavy atom. The Morgan fingerprint density at radius 1 is 1.36 bits per heavy atom. The smallest absolute Gasteiger partial charge is 0.232 e. The van der Waals surface area contributed by atoms with Crippen molar-refractivity contribution in [3.05, 3.63) is 40.9 Å². The van der Waals surface area contributed by atoms with E-state index in [1.54, 1.807) is 12.1 Å². The summed E-state index contributed by atoms with van der Waals surface area (Å²) in [7, 11) is -3.54. The molecule has 7 nitrogen and oxygen atoms in total. The van der Waals surface area contributed by atoms with E-state index >= 15 is 0 Å². The van der Waals surface area contributed by atoms with Crippen LogP contribution in [-0.4, -0.2) is 43.1 Å². The summed E-state index contributed by atoms with van der Waals surface area (Å²) in [4.78, 5) is 12.1. The molecule has 0 fully saturated rings. The van der Waals surface area contributed by atoms with E-state index in [-0.39, 0.29) is 23.9 Å². The number of sulfonamides is 1. The molecule has 0 unspecified atom stereocenters. The number of nitrogens with zero attached hydrogens (tertiary/aromatic N) is 3. The van der Waals surface area contributed by atoms with Crippen LogP contribution in [0.25, 0.3) is 0 Å². The van der Waals surface area contributed by atoms with E-state index in [1.807, 2.05) is 0 Å². The molecule has 28 heavy (non-hydrogen) atoms. The van der Waals surface area contributed by atoms with Gasteiger partial charge in [0.2, 0.25) is 21.1 Å². The lowest BCUT2D eigenvalue weighted by Gasteiger charge is -2.22. The summed E-state index contributed by atoms with van der Waals surface area (Å²) in [5.74, 6) is 0.442. The largest absolute Gasteiger partial charge is 0.301 e. The quantitative estimate of drug-likeness (QED) is 0.309. The lowest BCUT2D eigenvalue weighted by molar-refractivity contribution is -0.116. The van der Waals surface area contributed by atoms with E-state index in [2.05, 4.69) is 22.1 Å². The molecule has 1 heterocycles. The fourth-order valence-corrected chi connectivity index (χ4v) is 4.92. The van der Waals surface area contributed by atoms with Crippen molar-refractivity contribution < 1.29 is 13.2 Å². The summed E-state index contributed by atoms with van der Waals surface area (Å²) in [6, 6.07) is 4.58. The first-order valence-electron chi connectivity index (χ1n) is 8.00. The number of aromatic nitrogens is 2. The monoisotopic (exact) mass is 480 g/mol. The number of anilines is 2. The van der Waals surface area contributed by atoms with E-state index in [1.165, 1.54) is 39.5 Å². The van der Waals surface area contributed by atoms with Gasteiger partial charge in [0.25, 0.3) is 0 Å². The second-order valence-corrected chi connectivity index (χ2v) is 10.5. The number of thioether (sulfide) groups is 1. The molecule has 0 spiro atoms. The fourth-order valence-electron chi connectivity index (χ4n) is 2.14. The Balaban J connectivity index is 1.92. The minimum absolute atomic E-state index is 0.126. The van der Waals surface area contributed by atoms with Crippen molar-refractivity contribution in [1.29, 1.82) is 0 Å². The van der Waals surface area contributed by atoms with Gasteiger partial charge in [-0.25, -0.2) is 8.42 Å². The van der Waals surface area contributed by atoms with Gasteiger partial charge in [0, 0.05) is 18.7 Å². The molecule has 1 N–H and O–H groups in total. The molecule has 1 aromatic heterocycles. The zero-order chi connectivity index (χ0) is 20.7. The van der Waals surface area contributed by atoms with Gasteiger partial charge in [-0.2, -0.15) is 0 Å². The average Bonchev–Trinajstić information content (AvgIpc) is 3.05. The second kappa shape index (κ2) is 10.4. The highest BCUT2D eigenvalue weighted by Crippen LogP contribution is 2.29. The third-order valence-corrected chi connectivity index (χ3v) is 7.23. The second-order valence-electron chi connectivity index (χ2n) is 5.56. The number of carbonyl (C=O) groups excluding carboxylic acids is 1. The summed E-state index contributed by atoms with van der Waals surface area (Å²) in [5, 5.41) is 11.5. The number of nitrogens with one attached hydrogen (secondary N) is 1. The van der Waals surface area contributed by atoms with Crippen LogP contribution in [-0.2, 0) is 14.8 Å². The predicted octanol–water partition coefficient (Wildman–Crippen LogP) is 4.31. The first-order chi connectivity index (χ1) is 13.2. The van der Waals surface area contributed by atoms with E-state index < -0.39 is 10.0 Å². The van der Waals surface area contributed by atoms with E-state index in [4.69, 9.17) is 23.2 Å². The molecule has 2 aromatic rings. The molecule has 0 aliphatic carbocycles. The minimum Gasteiger partial charge on any atom is -0.301 e. The van der Waals surface area contributed by atoms with Gasteiger partial charge in [-0.3, -0.25) is 9.10 Å². The summed E-state index contributed by atoms with van der Waals surface area (Å²) >= 11 is 14.6. The molecular formula is C16H18Cl2N4O3S3. The van der Waals surface area contributed by atoms with Crippen LogP contribution in [0.2, 0.25) is 10.0 Å². The van der Waals surface area contributed by atoms with Crippen molar-refractivity contribution in [2.24, 2.45) is 0 Å². The van der Waals surface area contributed by atoms with Crippen molar-refractivity contribution in [2.45, 2.75) is 17.2 Å². The van der Waals surface area contributed by atoms with Gasteiger partial charge in [-0.15, -0.1) is 16.8 Å². The summed E-state index contributed by atoms with van der Waals surface area (Å²) in [6.07, 6.45) is 3.29. The minimum atomic E-state index is -3.54. The number of rotatable bonds is 10. The SMILES string of the molecule is C=CCSc1nnc(NC(=O)CCCN(c2ccc(Cl)c(Cl)c2)S(C)(=O)=O)s1. The van der Waals surface area contributed by atoms with Gasteiger partial charge in [-0.1, -0.05) is 52.4 Å². The maximum atomic E-state index is 12.1. The summed E-state index contributed by atoms with van der Waals surface area (Å²) in [5.41, 5.74) is 0.394. The number of halogens is 2. The van der Waals surface area contributed by atoms with Crippen LogP contribution in [0.1, 0.15) is 12.8 Å². The van der Waals surface area contributed by atoms with Crippen molar-refractivity contribution in [3.63, 3.8) is 0 Å². The van der Waals surface area contributed by atoms with Crippen LogP contribution in [0.4, 0.5) is 10.8 Å². The number of hydrogen-bond donors (Lipinski definition) is 1. The Bertz CT molecular complexity index is 950. The fraction of sp³-hybridized carbons (Fsp3) is 0.312. The van der Waals surface area contributed by atoms with E-state index in [0.717, 1.165) is 10.6 Å². The van der Waals surface area contributed by atoms with Gasteiger partial charge in [0.15, 0.2) is 4.34 Å². The summed E-state index contributed by atoms with van der Waals surface area (Å²) in [6.45, 7) is 3.76. The third-order valence-electron chi connectivity index (χ3n) is 3.33. The molecule has 0 bridgehead atoms. The van der Waals surface area contributed by atoms with Gasteiger partial charge >= 0.3 is 0 Å². The molecule has 0 atom stereocenters. The van der Waals surface area contributed by atoms with Crippen LogP contribution in [0.5, 0.6) is 0 Å². The Kier molecular flexibility index (Phi) is 8.56. The molecule has 0 saturated heterocycles. The molecule has 1 aromatic carbocycles. The molecule has 0 saturated carbocycles. The van der Waals surface area contributed by atoms with Crippen LogP contribution in [0.3, 0.4) is 0 Å². The molecule has 0 radical (unpaired) electrons.